The summed E-state index contributed by atoms with van der Waals surface area (Å²) in [5, 5.41) is 20.4. The number of rotatable bonds is 4. The number of aromatic hydroxyl groups is 1. The Kier molecular flexibility index (Phi) is 5.19. The maximum Gasteiger partial charge on any atom is 0.409 e. The van der Waals surface area contributed by atoms with Gasteiger partial charge in [0, 0.05) is 42.8 Å². The zero-order chi connectivity index (χ0) is 22.2. The monoisotopic (exact) mass is 431 g/mol. The highest BCUT2D eigenvalue weighted by atomic mass is 16.6. The number of aromatic nitrogens is 2. The summed E-state index contributed by atoms with van der Waals surface area (Å²) in [6.45, 7) is 5.48. The van der Waals surface area contributed by atoms with Crippen molar-refractivity contribution in [1.29, 1.82) is 5.26 Å². The molecule has 2 aromatic heterocycles. The third-order valence-corrected chi connectivity index (χ3v) is 6.56. The normalized spacial score (nSPS) is 20.4. The van der Waals surface area contributed by atoms with E-state index in [4.69, 9.17) is 4.74 Å². The van der Waals surface area contributed by atoms with E-state index in [2.05, 4.69) is 20.9 Å². The molecule has 0 unspecified atom stereocenters. The molecule has 32 heavy (non-hydrogen) atoms. The van der Waals surface area contributed by atoms with Gasteiger partial charge in [-0.15, -0.1) is 0 Å². The molecule has 0 saturated carbocycles. The fraction of sp³-hybridized carbons (Fsp3) is 0.375. The molecule has 1 amide bonds. The molecule has 1 aromatic carbocycles. The number of carbonyl (C=O) groups excluding carboxylic acids is 1. The van der Waals surface area contributed by atoms with E-state index in [0.29, 0.717) is 41.9 Å². The smallest absolute Gasteiger partial charge is 0.409 e. The predicted molar refractivity (Wildman–Crippen MR) is 119 cm³/mol. The third-order valence-electron chi connectivity index (χ3n) is 6.56. The standard InChI is InChI=1S/C24H25N5O3/c1-2-32-24(31)29-13-17-7-8-28(21(17)14-29)12-16-4-6-20(26-11-16)22-18-9-15(10-25)3-5-19(18)27-23(22)30/h3-6,9,11,17,21,27,30H,2,7-8,12-14H2,1H3/t17-,21+/m0/s1. The van der Waals surface area contributed by atoms with E-state index in [-0.39, 0.29) is 12.0 Å². The number of hydrogen-bond acceptors (Lipinski definition) is 6. The van der Waals surface area contributed by atoms with Crippen LogP contribution in [0.3, 0.4) is 0 Å². The van der Waals surface area contributed by atoms with Gasteiger partial charge < -0.3 is 19.7 Å². The predicted octanol–water partition coefficient (Wildman–Crippen LogP) is 3.47. The first-order chi connectivity index (χ1) is 15.6. The molecule has 0 spiro atoms. The van der Waals surface area contributed by atoms with Gasteiger partial charge in [-0.1, -0.05) is 6.07 Å². The van der Waals surface area contributed by atoms with Gasteiger partial charge in [0.15, 0.2) is 5.88 Å². The first-order valence-electron chi connectivity index (χ1n) is 10.9. The number of carbonyl (C=O) groups is 1. The highest BCUT2D eigenvalue weighted by Gasteiger charge is 2.43. The van der Waals surface area contributed by atoms with Crippen LogP contribution in [0.2, 0.25) is 0 Å². The number of nitrogens with zero attached hydrogens (tertiary/aromatic N) is 4. The number of pyridine rings is 1. The molecular formula is C24H25N5O3. The van der Waals surface area contributed by atoms with E-state index in [1.54, 1.807) is 18.2 Å². The second kappa shape index (κ2) is 8.17. The number of nitrogens with one attached hydrogen (secondary N) is 1. The molecule has 2 aliphatic rings. The lowest BCUT2D eigenvalue weighted by Crippen LogP contribution is -2.37. The zero-order valence-electron chi connectivity index (χ0n) is 17.9. The van der Waals surface area contributed by atoms with E-state index in [9.17, 15) is 15.2 Å². The molecule has 2 fully saturated rings. The SMILES string of the molecule is CCOC(=O)N1C[C@@H]2CCN(Cc3ccc(-c4c(O)[nH]c5ccc(C#N)cc45)nc3)[C@@H]2C1. The highest BCUT2D eigenvalue weighted by molar-refractivity contribution is 5.98. The molecular weight excluding hydrogens is 406 g/mol. The van der Waals surface area contributed by atoms with Crippen LogP contribution < -0.4 is 0 Å². The van der Waals surface area contributed by atoms with Gasteiger partial charge >= 0.3 is 6.09 Å². The van der Waals surface area contributed by atoms with E-state index < -0.39 is 0 Å². The Bertz CT molecular complexity index is 1200. The van der Waals surface area contributed by atoms with Crippen LogP contribution in [0.5, 0.6) is 5.88 Å². The van der Waals surface area contributed by atoms with Gasteiger partial charge in [0.05, 0.1) is 29.5 Å². The van der Waals surface area contributed by atoms with Crippen LogP contribution in [0.15, 0.2) is 36.5 Å². The van der Waals surface area contributed by atoms with Crippen molar-refractivity contribution in [3.8, 4) is 23.2 Å². The van der Waals surface area contributed by atoms with Crippen molar-refractivity contribution in [2.75, 3.05) is 26.2 Å². The van der Waals surface area contributed by atoms with Gasteiger partial charge in [-0.25, -0.2) is 4.79 Å². The second-order valence-electron chi connectivity index (χ2n) is 8.46. The van der Waals surface area contributed by atoms with Crippen LogP contribution in [-0.4, -0.2) is 63.3 Å². The summed E-state index contributed by atoms with van der Waals surface area (Å²) in [5.41, 5.74) is 3.64. The van der Waals surface area contributed by atoms with Gasteiger partial charge in [0.25, 0.3) is 0 Å². The van der Waals surface area contributed by atoms with Gasteiger partial charge in [-0.05, 0) is 55.6 Å². The number of likely N-dealkylation sites (tertiary alicyclic amines) is 2. The average molecular weight is 431 g/mol. The molecule has 8 nitrogen and oxygen atoms in total. The maximum absolute atomic E-state index is 12.1. The van der Waals surface area contributed by atoms with Crippen LogP contribution >= 0.6 is 0 Å². The molecule has 0 radical (unpaired) electrons. The van der Waals surface area contributed by atoms with Crippen molar-refractivity contribution in [2.45, 2.75) is 25.9 Å². The van der Waals surface area contributed by atoms with Gasteiger partial charge in [0.2, 0.25) is 0 Å². The number of benzene rings is 1. The van der Waals surface area contributed by atoms with Crippen LogP contribution in [0.4, 0.5) is 4.79 Å². The molecule has 164 valence electrons. The number of ether oxygens (including phenoxy) is 1. The summed E-state index contributed by atoms with van der Waals surface area (Å²) in [4.78, 5) is 23.9. The van der Waals surface area contributed by atoms with Gasteiger partial charge in [-0.3, -0.25) is 9.88 Å². The molecule has 2 saturated heterocycles. The summed E-state index contributed by atoms with van der Waals surface area (Å²) in [6.07, 6.45) is 2.70. The molecule has 4 heterocycles. The molecule has 8 heteroatoms. The lowest BCUT2D eigenvalue weighted by Gasteiger charge is -2.24. The number of amides is 1. The fourth-order valence-electron chi connectivity index (χ4n) is 5.02. The topological polar surface area (TPSA) is 105 Å². The summed E-state index contributed by atoms with van der Waals surface area (Å²) in [5.74, 6) is 0.534. The lowest BCUT2D eigenvalue weighted by molar-refractivity contribution is 0.110. The van der Waals surface area contributed by atoms with Gasteiger partial charge in [0.1, 0.15) is 0 Å². The fourth-order valence-corrected chi connectivity index (χ4v) is 5.02. The second-order valence-corrected chi connectivity index (χ2v) is 8.46. The zero-order valence-corrected chi connectivity index (χ0v) is 17.9. The molecule has 5 rings (SSSR count). The molecule has 2 aliphatic heterocycles. The van der Waals surface area contributed by atoms with Crippen molar-refractivity contribution >= 4 is 17.0 Å². The van der Waals surface area contributed by atoms with Crippen LogP contribution in [0, 0.1) is 17.2 Å². The average Bonchev–Trinajstić information content (AvgIpc) is 3.47. The molecule has 2 N–H and O–H groups in total. The molecule has 0 aliphatic carbocycles. The van der Waals surface area contributed by atoms with Crippen LogP contribution in [-0.2, 0) is 11.3 Å². The third kappa shape index (κ3) is 3.55. The van der Waals surface area contributed by atoms with Crippen LogP contribution in [0.1, 0.15) is 24.5 Å². The Morgan fingerprint density at radius 3 is 2.97 bits per heavy atom. The number of aromatic amines is 1. The minimum absolute atomic E-state index is 0.0442. The Hall–Kier alpha value is -3.57. The Balaban J connectivity index is 1.32. The van der Waals surface area contributed by atoms with Crippen molar-refractivity contribution in [2.24, 2.45) is 5.92 Å². The van der Waals surface area contributed by atoms with Crippen LogP contribution in [0.25, 0.3) is 22.2 Å². The van der Waals surface area contributed by atoms with E-state index in [1.165, 1.54) is 0 Å². The Morgan fingerprint density at radius 2 is 2.22 bits per heavy atom. The highest BCUT2D eigenvalue weighted by Crippen LogP contribution is 2.36. The largest absolute Gasteiger partial charge is 0.494 e. The minimum atomic E-state index is -0.217. The van der Waals surface area contributed by atoms with Gasteiger partial charge in [-0.2, -0.15) is 5.26 Å². The Labute approximate surface area is 186 Å². The number of hydrogen-bond donors (Lipinski definition) is 2. The lowest BCUT2D eigenvalue weighted by atomic mass is 10.0. The van der Waals surface area contributed by atoms with E-state index >= 15 is 0 Å². The van der Waals surface area contributed by atoms with E-state index in [0.717, 1.165) is 42.5 Å². The summed E-state index contributed by atoms with van der Waals surface area (Å²) in [7, 11) is 0. The van der Waals surface area contributed by atoms with E-state index in [1.807, 2.05) is 30.2 Å². The Morgan fingerprint density at radius 1 is 1.34 bits per heavy atom. The number of H-pyrrole nitrogens is 1. The molecule has 3 aromatic rings. The quantitative estimate of drug-likeness (QED) is 0.655. The van der Waals surface area contributed by atoms with Crippen molar-refractivity contribution in [3.63, 3.8) is 0 Å². The summed E-state index contributed by atoms with van der Waals surface area (Å²) >= 11 is 0. The minimum Gasteiger partial charge on any atom is -0.494 e. The van der Waals surface area contributed by atoms with Crippen molar-refractivity contribution in [3.05, 3.63) is 47.7 Å². The first kappa shape index (κ1) is 20.3. The first-order valence-corrected chi connectivity index (χ1v) is 10.9. The maximum atomic E-state index is 12.1. The number of nitriles is 1. The summed E-state index contributed by atoms with van der Waals surface area (Å²) < 4.78 is 5.17. The molecule has 2 atom stereocenters. The molecule has 0 bridgehead atoms. The van der Waals surface area contributed by atoms with Crippen molar-refractivity contribution in [1.82, 2.24) is 19.8 Å². The number of fused-ring (bicyclic) bond motifs is 2. The van der Waals surface area contributed by atoms with Crippen molar-refractivity contribution < 1.29 is 14.6 Å². The summed E-state index contributed by atoms with van der Waals surface area (Å²) in [6, 6.07) is 11.7.